The Morgan fingerprint density at radius 3 is 2.25 bits per heavy atom. The van der Waals surface area contributed by atoms with Crippen molar-refractivity contribution in [2.45, 2.75) is 11.4 Å². The zero-order valence-corrected chi connectivity index (χ0v) is 11.6. The lowest BCUT2D eigenvalue weighted by atomic mass is 10.2. The van der Waals surface area contributed by atoms with Crippen molar-refractivity contribution >= 4 is 10.0 Å². The van der Waals surface area contributed by atoms with Crippen LogP contribution in [0.5, 0.6) is 0 Å². The molecule has 6 heteroatoms. The highest BCUT2D eigenvalue weighted by Crippen LogP contribution is 2.17. The van der Waals surface area contributed by atoms with Gasteiger partial charge in [-0.15, -0.1) is 0 Å². The molecule has 0 amide bonds. The summed E-state index contributed by atoms with van der Waals surface area (Å²) in [5, 5.41) is 0. The Kier molecular flexibility index (Phi) is 4.15. The zero-order chi connectivity index (χ0) is 14.8. The van der Waals surface area contributed by atoms with Crippen LogP contribution in [-0.2, 0) is 16.6 Å². The van der Waals surface area contributed by atoms with Crippen molar-refractivity contribution in [1.29, 1.82) is 0 Å². The molecule has 0 atom stereocenters. The smallest absolute Gasteiger partial charge is 0.207 e. The molecule has 0 saturated carbocycles. The van der Waals surface area contributed by atoms with Gasteiger partial charge >= 0.3 is 0 Å². The Balaban J connectivity index is 2.23. The summed E-state index contributed by atoms with van der Waals surface area (Å²) in [6.07, 6.45) is 0. The van der Waals surface area contributed by atoms with Crippen molar-refractivity contribution < 1.29 is 17.2 Å². The van der Waals surface area contributed by atoms with E-state index in [9.17, 15) is 17.2 Å². The second kappa shape index (κ2) is 5.68. The standard InChI is InChI=1S/C14H13F2NO2S/c1-17(10-11-7-8-13(15)14(16)9-11)20(18,19)12-5-3-2-4-6-12/h2-9H,10H2,1H3. The first-order valence-corrected chi connectivity index (χ1v) is 7.30. The monoisotopic (exact) mass is 297 g/mol. The Morgan fingerprint density at radius 1 is 1.00 bits per heavy atom. The number of sulfonamides is 1. The molecule has 0 aliphatic rings. The van der Waals surface area contributed by atoms with Crippen LogP contribution in [0.4, 0.5) is 8.78 Å². The molecule has 0 fully saturated rings. The summed E-state index contributed by atoms with van der Waals surface area (Å²) in [7, 11) is -2.25. The van der Waals surface area contributed by atoms with Crippen LogP contribution in [0.3, 0.4) is 0 Å². The van der Waals surface area contributed by atoms with Crippen molar-refractivity contribution in [2.75, 3.05) is 7.05 Å². The Morgan fingerprint density at radius 2 is 1.65 bits per heavy atom. The molecular weight excluding hydrogens is 284 g/mol. The minimum Gasteiger partial charge on any atom is -0.207 e. The van der Waals surface area contributed by atoms with Crippen LogP contribution in [0.25, 0.3) is 0 Å². The van der Waals surface area contributed by atoms with Gasteiger partial charge in [0.2, 0.25) is 10.0 Å². The van der Waals surface area contributed by atoms with E-state index in [0.717, 1.165) is 16.4 Å². The van der Waals surface area contributed by atoms with Gasteiger partial charge in [-0.25, -0.2) is 17.2 Å². The van der Waals surface area contributed by atoms with Crippen LogP contribution in [-0.4, -0.2) is 19.8 Å². The van der Waals surface area contributed by atoms with E-state index in [0.29, 0.717) is 5.56 Å². The van der Waals surface area contributed by atoms with E-state index in [1.54, 1.807) is 18.2 Å². The van der Waals surface area contributed by atoms with E-state index < -0.39 is 21.7 Å². The van der Waals surface area contributed by atoms with Crippen molar-refractivity contribution in [2.24, 2.45) is 0 Å². The summed E-state index contributed by atoms with van der Waals surface area (Å²) in [6.45, 7) is -0.0333. The fourth-order valence-electron chi connectivity index (χ4n) is 1.75. The van der Waals surface area contributed by atoms with Crippen molar-refractivity contribution in [1.82, 2.24) is 4.31 Å². The molecule has 20 heavy (non-hydrogen) atoms. The minimum absolute atomic E-state index is 0.0333. The number of rotatable bonds is 4. The molecule has 0 spiro atoms. The van der Waals surface area contributed by atoms with Crippen molar-refractivity contribution in [3.8, 4) is 0 Å². The van der Waals surface area contributed by atoms with Crippen LogP contribution < -0.4 is 0 Å². The van der Waals surface area contributed by atoms with Gasteiger partial charge in [0.05, 0.1) is 4.90 Å². The molecule has 0 saturated heterocycles. The van der Waals surface area contributed by atoms with E-state index in [4.69, 9.17) is 0 Å². The molecule has 2 aromatic rings. The second-order valence-electron chi connectivity index (χ2n) is 4.32. The van der Waals surface area contributed by atoms with Gasteiger partial charge in [-0.1, -0.05) is 24.3 Å². The molecule has 0 aliphatic carbocycles. The van der Waals surface area contributed by atoms with Crippen LogP contribution in [0, 0.1) is 11.6 Å². The third-order valence-electron chi connectivity index (χ3n) is 2.84. The summed E-state index contributed by atoms with van der Waals surface area (Å²) >= 11 is 0. The van der Waals surface area contributed by atoms with E-state index in [1.165, 1.54) is 25.2 Å². The zero-order valence-electron chi connectivity index (χ0n) is 10.8. The lowest BCUT2D eigenvalue weighted by Crippen LogP contribution is -2.26. The van der Waals surface area contributed by atoms with Gasteiger partial charge in [0.25, 0.3) is 0 Å². The lowest BCUT2D eigenvalue weighted by Gasteiger charge is -2.17. The molecular formula is C14H13F2NO2S. The molecule has 3 nitrogen and oxygen atoms in total. The predicted molar refractivity (Wildman–Crippen MR) is 71.5 cm³/mol. The highest BCUT2D eigenvalue weighted by Gasteiger charge is 2.20. The fraction of sp³-hybridized carbons (Fsp3) is 0.143. The highest BCUT2D eigenvalue weighted by atomic mass is 32.2. The summed E-state index contributed by atoms with van der Waals surface area (Å²) < 4.78 is 51.5. The van der Waals surface area contributed by atoms with Gasteiger partial charge in [0.15, 0.2) is 11.6 Å². The Bertz CT molecular complexity index is 702. The molecule has 0 bridgehead atoms. The molecule has 0 radical (unpaired) electrons. The van der Waals surface area contributed by atoms with Crippen molar-refractivity contribution in [3.05, 3.63) is 65.7 Å². The van der Waals surface area contributed by atoms with Crippen LogP contribution in [0.1, 0.15) is 5.56 Å². The highest BCUT2D eigenvalue weighted by molar-refractivity contribution is 7.89. The van der Waals surface area contributed by atoms with Crippen molar-refractivity contribution in [3.63, 3.8) is 0 Å². The van der Waals surface area contributed by atoms with Crippen LogP contribution in [0.2, 0.25) is 0 Å². The van der Waals surface area contributed by atoms with Crippen LogP contribution >= 0.6 is 0 Å². The molecule has 2 rings (SSSR count). The molecule has 0 aromatic heterocycles. The maximum atomic E-state index is 13.1. The molecule has 0 unspecified atom stereocenters. The second-order valence-corrected chi connectivity index (χ2v) is 6.37. The first-order chi connectivity index (χ1) is 9.41. The van der Waals surface area contributed by atoms with E-state index in [2.05, 4.69) is 0 Å². The topological polar surface area (TPSA) is 37.4 Å². The number of halogens is 2. The average molecular weight is 297 g/mol. The van der Waals surface area contributed by atoms with E-state index >= 15 is 0 Å². The normalized spacial score (nSPS) is 11.8. The predicted octanol–water partition coefficient (Wildman–Crippen LogP) is 2.79. The lowest BCUT2D eigenvalue weighted by molar-refractivity contribution is 0.462. The van der Waals surface area contributed by atoms with Gasteiger partial charge in [-0.3, -0.25) is 0 Å². The first-order valence-electron chi connectivity index (χ1n) is 5.86. The maximum absolute atomic E-state index is 13.1. The summed E-state index contributed by atoms with van der Waals surface area (Å²) in [4.78, 5) is 0.157. The molecule has 0 aliphatic heterocycles. The van der Waals surface area contributed by atoms with Gasteiger partial charge < -0.3 is 0 Å². The third-order valence-corrected chi connectivity index (χ3v) is 4.66. The third kappa shape index (κ3) is 3.02. The number of hydrogen-bond donors (Lipinski definition) is 0. The van der Waals surface area contributed by atoms with Gasteiger partial charge in [-0.2, -0.15) is 4.31 Å². The molecule has 0 heterocycles. The largest absolute Gasteiger partial charge is 0.243 e. The minimum atomic E-state index is -3.64. The number of hydrogen-bond acceptors (Lipinski definition) is 2. The number of benzene rings is 2. The summed E-state index contributed by atoms with van der Waals surface area (Å²) in [6, 6.07) is 11.3. The Hall–Kier alpha value is -1.79. The molecule has 106 valence electrons. The summed E-state index contributed by atoms with van der Waals surface area (Å²) in [5.74, 6) is -1.95. The van der Waals surface area contributed by atoms with Crippen LogP contribution in [0.15, 0.2) is 53.4 Å². The fourth-order valence-corrected chi connectivity index (χ4v) is 2.93. The first kappa shape index (κ1) is 14.6. The van der Waals surface area contributed by atoms with Gasteiger partial charge in [-0.05, 0) is 29.8 Å². The molecule has 0 N–H and O–H groups in total. The average Bonchev–Trinajstić information content (AvgIpc) is 2.44. The number of nitrogens with zero attached hydrogens (tertiary/aromatic N) is 1. The SMILES string of the molecule is CN(Cc1ccc(F)c(F)c1)S(=O)(=O)c1ccccc1. The molecule has 2 aromatic carbocycles. The maximum Gasteiger partial charge on any atom is 0.243 e. The summed E-state index contributed by atoms with van der Waals surface area (Å²) in [5.41, 5.74) is 0.380. The Labute approximate surface area is 116 Å². The van der Waals surface area contributed by atoms with Gasteiger partial charge in [0, 0.05) is 13.6 Å². The quantitative estimate of drug-likeness (QED) is 0.870. The van der Waals surface area contributed by atoms with Gasteiger partial charge in [0.1, 0.15) is 0 Å². The van der Waals surface area contributed by atoms with E-state index in [-0.39, 0.29) is 11.4 Å². The van der Waals surface area contributed by atoms with E-state index in [1.807, 2.05) is 0 Å².